The van der Waals surface area contributed by atoms with Gasteiger partial charge in [0.15, 0.2) is 0 Å². The van der Waals surface area contributed by atoms with Crippen LogP contribution in [0.1, 0.15) is 43.4 Å². The van der Waals surface area contributed by atoms with Crippen molar-refractivity contribution in [2.24, 2.45) is 0 Å². The van der Waals surface area contributed by atoms with Crippen molar-refractivity contribution >= 4 is 0 Å². The highest BCUT2D eigenvalue weighted by Gasteiger charge is 2.29. The van der Waals surface area contributed by atoms with E-state index in [1.807, 2.05) is 0 Å². The normalized spacial score (nSPS) is 26.9. The van der Waals surface area contributed by atoms with Gasteiger partial charge in [-0.3, -0.25) is 4.90 Å². The molecule has 4 nitrogen and oxygen atoms in total. The standard InChI is InChI=1S/C11H18N4/c1-14-7-4-5-9(14)11-13-12-10-6-2-3-8-15(10)11/h9H,2-8H2,1H3. The van der Waals surface area contributed by atoms with Crippen LogP contribution in [0.4, 0.5) is 0 Å². The first-order chi connectivity index (χ1) is 7.36. The highest BCUT2D eigenvalue weighted by molar-refractivity contribution is 5.05. The molecular weight excluding hydrogens is 188 g/mol. The maximum Gasteiger partial charge on any atom is 0.150 e. The SMILES string of the molecule is CN1CCCC1c1nnc2n1CCCC2. The Kier molecular flexibility index (Phi) is 2.24. The lowest BCUT2D eigenvalue weighted by molar-refractivity contribution is 0.294. The molecule has 4 heteroatoms. The predicted molar refractivity (Wildman–Crippen MR) is 57.6 cm³/mol. The van der Waals surface area contributed by atoms with Crippen LogP contribution in [0.5, 0.6) is 0 Å². The molecule has 82 valence electrons. The summed E-state index contributed by atoms with van der Waals surface area (Å²) in [6.07, 6.45) is 6.22. The third kappa shape index (κ3) is 1.47. The molecule has 3 rings (SSSR count). The van der Waals surface area contributed by atoms with Crippen LogP contribution in [-0.2, 0) is 13.0 Å². The zero-order chi connectivity index (χ0) is 10.3. The van der Waals surface area contributed by atoms with Gasteiger partial charge in [0.2, 0.25) is 0 Å². The molecule has 1 aromatic rings. The van der Waals surface area contributed by atoms with Crippen LogP contribution >= 0.6 is 0 Å². The zero-order valence-electron chi connectivity index (χ0n) is 9.32. The summed E-state index contributed by atoms with van der Waals surface area (Å²) in [6, 6.07) is 0.518. The third-order valence-corrected chi connectivity index (χ3v) is 3.71. The Balaban J connectivity index is 1.94. The molecular formula is C11H18N4. The van der Waals surface area contributed by atoms with Gasteiger partial charge >= 0.3 is 0 Å². The minimum absolute atomic E-state index is 0.518. The van der Waals surface area contributed by atoms with E-state index in [0.717, 1.165) is 13.0 Å². The molecule has 1 aromatic heterocycles. The van der Waals surface area contributed by atoms with Gasteiger partial charge in [0.05, 0.1) is 6.04 Å². The van der Waals surface area contributed by atoms with E-state index >= 15 is 0 Å². The van der Waals surface area contributed by atoms with E-state index in [1.54, 1.807) is 0 Å². The number of fused-ring (bicyclic) bond motifs is 1. The number of rotatable bonds is 1. The molecule has 0 radical (unpaired) electrons. The first-order valence-electron chi connectivity index (χ1n) is 5.98. The second-order valence-electron chi connectivity index (χ2n) is 4.72. The average molecular weight is 206 g/mol. The minimum Gasteiger partial charge on any atom is -0.314 e. The molecule has 15 heavy (non-hydrogen) atoms. The molecule has 0 aliphatic carbocycles. The monoisotopic (exact) mass is 206 g/mol. The van der Waals surface area contributed by atoms with Crippen molar-refractivity contribution in [1.82, 2.24) is 19.7 Å². The summed E-state index contributed by atoms with van der Waals surface area (Å²) < 4.78 is 2.36. The molecule has 2 aliphatic rings. The lowest BCUT2D eigenvalue weighted by atomic mass is 10.1. The number of aromatic nitrogens is 3. The van der Waals surface area contributed by atoms with Crippen LogP contribution in [0, 0.1) is 0 Å². The van der Waals surface area contributed by atoms with Crippen molar-refractivity contribution in [1.29, 1.82) is 0 Å². The second kappa shape index (κ2) is 3.59. The van der Waals surface area contributed by atoms with Gasteiger partial charge in [0.1, 0.15) is 11.6 Å². The zero-order valence-corrected chi connectivity index (χ0v) is 9.32. The fourth-order valence-corrected chi connectivity index (χ4v) is 2.81. The second-order valence-corrected chi connectivity index (χ2v) is 4.72. The average Bonchev–Trinajstić information content (AvgIpc) is 2.83. The summed E-state index contributed by atoms with van der Waals surface area (Å²) in [5.41, 5.74) is 0. The number of hydrogen-bond acceptors (Lipinski definition) is 3. The van der Waals surface area contributed by atoms with Crippen molar-refractivity contribution < 1.29 is 0 Å². The van der Waals surface area contributed by atoms with Crippen molar-refractivity contribution in [3.05, 3.63) is 11.6 Å². The largest absolute Gasteiger partial charge is 0.314 e. The molecule has 0 amide bonds. The molecule has 0 spiro atoms. The molecule has 0 saturated carbocycles. The fraction of sp³-hybridized carbons (Fsp3) is 0.818. The van der Waals surface area contributed by atoms with Gasteiger partial charge in [-0.1, -0.05) is 0 Å². The maximum absolute atomic E-state index is 4.40. The Bertz CT molecular complexity index is 357. The Morgan fingerprint density at radius 2 is 2.07 bits per heavy atom. The maximum atomic E-state index is 4.40. The van der Waals surface area contributed by atoms with Crippen molar-refractivity contribution in [3.63, 3.8) is 0 Å². The smallest absolute Gasteiger partial charge is 0.150 e. The van der Waals surface area contributed by atoms with Crippen LogP contribution in [0.15, 0.2) is 0 Å². The van der Waals surface area contributed by atoms with E-state index in [-0.39, 0.29) is 0 Å². The molecule has 3 heterocycles. The molecule has 1 unspecified atom stereocenters. The summed E-state index contributed by atoms with van der Waals surface area (Å²) in [4.78, 5) is 2.41. The van der Waals surface area contributed by atoms with Gasteiger partial charge in [0, 0.05) is 13.0 Å². The number of likely N-dealkylation sites (tertiary alicyclic amines) is 1. The lowest BCUT2D eigenvalue weighted by Crippen LogP contribution is -2.23. The van der Waals surface area contributed by atoms with Gasteiger partial charge in [-0.15, -0.1) is 10.2 Å². The summed E-state index contributed by atoms with van der Waals surface area (Å²) in [5.74, 6) is 2.42. The molecule has 1 fully saturated rings. The molecule has 2 aliphatic heterocycles. The van der Waals surface area contributed by atoms with Gasteiger partial charge < -0.3 is 4.57 Å². The van der Waals surface area contributed by atoms with Crippen molar-refractivity contribution in [3.8, 4) is 0 Å². The highest BCUT2D eigenvalue weighted by atomic mass is 15.3. The van der Waals surface area contributed by atoms with E-state index in [9.17, 15) is 0 Å². The van der Waals surface area contributed by atoms with E-state index < -0.39 is 0 Å². The third-order valence-electron chi connectivity index (χ3n) is 3.71. The number of aryl methyl sites for hydroxylation is 1. The van der Waals surface area contributed by atoms with Crippen molar-refractivity contribution in [2.75, 3.05) is 13.6 Å². The quantitative estimate of drug-likeness (QED) is 0.696. The Morgan fingerprint density at radius 1 is 1.13 bits per heavy atom. The predicted octanol–water partition coefficient (Wildman–Crippen LogP) is 1.38. The summed E-state index contributed by atoms with van der Waals surface area (Å²) in [5, 5.41) is 8.72. The van der Waals surface area contributed by atoms with E-state index in [1.165, 1.54) is 43.9 Å². The molecule has 0 N–H and O–H groups in total. The molecule has 0 aromatic carbocycles. The number of nitrogens with zero attached hydrogens (tertiary/aromatic N) is 4. The Labute approximate surface area is 90.3 Å². The van der Waals surface area contributed by atoms with Crippen LogP contribution < -0.4 is 0 Å². The summed E-state index contributed by atoms with van der Waals surface area (Å²) >= 11 is 0. The van der Waals surface area contributed by atoms with Crippen molar-refractivity contribution in [2.45, 2.75) is 44.7 Å². The summed E-state index contributed by atoms with van der Waals surface area (Å²) in [7, 11) is 2.20. The first kappa shape index (κ1) is 9.33. The first-order valence-corrected chi connectivity index (χ1v) is 5.98. The van der Waals surface area contributed by atoms with E-state index in [0.29, 0.717) is 6.04 Å². The highest BCUT2D eigenvalue weighted by Crippen LogP contribution is 2.30. The Morgan fingerprint density at radius 3 is 2.87 bits per heavy atom. The van der Waals surface area contributed by atoms with Gasteiger partial charge in [-0.25, -0.2) is 0 Å². The fourth-order valence-electron chi connectivity index (χ4n) is 2.81. The topological polar surface area (TPSA) is 34.0 Å². The van der Waals surface area contributed by atoms with Gasteiger partial charge in [-0.05, 0) is 39.3 Å². The minimum atomic E-state index is 0.518. The summed E-state index contributed by atoms with van der Waals surface area (Å²) in [6.45, 7) is 2.33. The molecule has 1 saturated heterocycles. The number of hydrogen-bond donors (Lipinski definition) is 0. The van der Waals surface area contributed by atoms with E-state index in [2.05, 4.69) is 26.7 Å². The van der Waals surface area contributed by atoms with Gasteiger partial charge in [0.25, 0.3) is 0 Å². The molecule has 1 atom stereocenters. The van der Waals surface area contributed by atoms with Crippen LogP contribution in [0.2, 0.25) is 0 Å². The van der Waals surface area contributed by atoms with E-state index in [4.69, 9.17) is 0 Å². The lowest BCUT2D eigenvalue weighted by Gasteiger charge is -2.21. The molecule has 0 bridgehead atoms. The van der Waals surface area contributed by atoms with Gasteiger partial charge in [-0.2, -0.15) is 0 Å². The Hall–Kier alpha value is -0.900. The van der Waals surface area contributed by atoms with Crippen LogP contribution in [0.25, 0.3) is 0 Å². The van der Waals surface area contributed by atoms with Crippen LogP contribution in [0.3, 0.4) is 0 Å². The van der Waals surface area contributed by atoms with Crippen LogP contribution in [-0.4, -0.2) is 33.3 Å².